The highest BCUT2D eigenvalue weighted by Gasteiger charge is 2.33. The van der Waals surface area contributed by atoms with Crippen molar-refractivity contribution in [2.24, 2.45) is 11.7 Å². The number of piperidine rings is 2. The molecule has 2 saturated heterocycles. The van der Waals surface area contributed by atoms with Crippen LogP contribution in [0.25, 0.3) is 0 Å². The second-order valence-corrected chi connectivity index (χ2v) is 6.32. The summed E-state index contributed by atoms with van der Waals surface area (Å²) in [6.07, 6.45) is 3.96. The first-order valence-electron chi connectivity index (χ1n) is 8.02. The number of hydrogen-bond acceptors (Lipinski definition) is 4. The van der Waals surface area contributed by atoms with Crippen molar-refractivity contribution in [1.82, 2.24) is 15.1 Å². The summed E-state index contributed by atoms with van der Waals surface area (Å²) in [6.45, 7) is 5.10. The van der Waals surface area contributed by atoms with E-state index in [1.165, 1.54) is 6.42 Å². The Kier molecular flexibility index (Phi) is 5.58. The maximum absolute atomic E-state index is 12.7. The molecule has 2 heterocycles. The number of carbonyl (C=O) groups excluding carboxylic acids is 2. The average molecular weight is 296 g/mol. The molecule has 0 radical (unpaired) electrons. The van der Waals surface area contributed by atoms with Crippen LogP contribution in [0.2, 0.25) is 0 Å². The molecule has 21 heavy (non-hydrogen) atoms. The fraction of sp³-hybridized carbons (Fsp3) is 0.867. The van der Waals surface area contributed by atoms with Crippen LogP contribution >= 0.6 is 0 Å². The number of rotatable bonds is 4. The Morgan fingerprint density at radius 1 is 1.19 bits per heavy atom. The maximum atomic E-state index is 12.7. The second-order valence-electron chi connectivity index (χ2n) is 6.32. The van der Waals surface area contributed by atoms with Crippen LogP contribution in [0.5, 0.6) is 0 Å². The lowest BCUT2D eigenvalue weighted by atomic mass is 9.96. The van der Waals surface area contributed by atoms with Crippen molar-refractivity contribution in [3.05, 3.63) is 0 Å². The summed E-state index contributed by atoms with van der Waals surface area (Å²) in [6, 6.07) is 0.349. The first-order chi connectivity index (χ1) is 10.0. The molecule has 0 aromatic heterocycles. The van der Waals surface area contributed by atoms with E-state index in [0.29, 0.717) is 12.6 Å². The largest absolute Gasteiger partial charge is 0.369 e. The molecule has 6 nitrogen and oxygen atoms in total. The summed E-state index contributed by atoms with van der Waals surface area (Å²) in [5.41, 5.74) is 5.39. The van der Waals surface area contributed by atoms with Crippen LogP contribution in [0.15, 0.2) is 0 Å². The third kappa shape index (κ3) is 3.95. The molecule has 3 atom stereocenters. The molecule has 2 amide bonds. The predicted molar refractivity (Wildman–Crippen MR) is 81.6 cm³/mol. The third-order valence-corrected chi connectivity index (χ3v) is 4.90. The number of nitrogens with two attached hydrogens (primary N) is 1. The van der Waals surface area contributed by atoms with E-state index in [1.807, 2.05) is 18.9 Å². The van der Waals surface area contributed by atoms with Crippen molar-refractivity contribution >= 4 is 11.8 Å². The SMILES string of the molecule is CNC1CCCN(C(C)C(=O)N2CCCC(C(N)=O)C2)C1. The number of likely N-dealkylation sites (N-methyl/N-ethyl adjacent to an activating group) is 1. The van der Waals surface area contributed by atoms with E-state index in [9.17, 15) is 9.59 Å². The summed E-state index contributed by atoms with van der Waals surface area (Å²) >= 11 is 0. The predicted octanol–water partition coefficient (Wildman–Crippen LogP) is -0.217. The Balaban J connectivity index is 1.93. The summed E-state index contributed by atoms with van der Waals surface area (Å²) in [4.78, 5) is 28.1. The number of amides is 2. The van der Waals surface area contributed by atoms with Gasteiger partial charge in [0.05, 0.1) is 12.0 Å². The molecule has 0 aliphatic carbocycles. The van der Waals surface area contributed by atoms with Gasteiger partial charge in [0.15, 0.2) is 0 Å². The Bertz CT molecular complexity index is 388. The lowest BCUT2D eigenvalue weighted by molar-refractivity contribution is -0.140. The van der Waals surface area contributed by atoms with E-state index in [1.54, 1.807) is 0 Å². The average Bonchev–Trinajstić information content (AvgIpc) is 2.53. The minimum absolute atomic E-state index is 0.118. The molecule has 2 fully saturated rings. The standard InChI is InChI=1S/C15H28N4O2/c1-11(18-7-4-6-13(10-18)17-2)15(21)19-8-3-5-12(9-19)14(16)20/h11-13,17H,3-10H2,1-2H3,(H2,16,20). The molecule has 120 valence electrons. The van der Waals surface area contributed by atoms with Gasteiger partial charge in [0.1, 0.15) is 0 Å². The van der Waals surface area contributed by atoms with Gasteiger partial charge >= 0.3 is 0 Å². The molecule has 0 saturated carbocycles. The zero-order chi connectivity index (χ0) is 15.4. The summed E-state index contributed by atoms with van der Waals surface area (Å²) in [5, 5.41) is 3.30. The maximum Gasteiger partial charge on any atom is 0.239 e. The highest BCUT2D eigenvalue weighted by molar-refractivity contribution is 5.83. The van der Waals surface area contributed by atoms with Gasteiger partial charge in [-0.25, -0.2) is 0 Å². The first kappa shape index (κ1) is 16.2. The zero-order valence-corrected chi connectivity index (χ0v) is 13.2. The Morgan fingerprint density at radius 2 is 1.90 bits per heavy atom. The molecule has 6 heteroatoms. The second kappa shape index (κ2) is 7.22. The van der Waals surface area contributed by atoms with Gasteiger partial charge in [0.2, 0.25) is 11.8 Å². The van der Waals surface area contributed by atoms with Gasteiger partial charge in [-0.3, -0.25) is 14.5 Å². The first-order valence-corrected chi connectivity index (χ1v) is 8.02. The van der Waals surface area contributed by atoms with E-state index < -0.39 is 0 Å². The molecule has 2 aliphatic rings. The molecule has 0 bridgehead atoms. The fourth-order valence-electron chi connectivity index (χ4n) is 3.42. The summed E-state index contributed by atoms with van der Waals surface area (Å²) in [7, 11) is 1.97. The number of likely N-dealkylation sites (tertiary alicyclic amines) is 2. The Hall–Kier alpha value is -1.14. The van der Waals surface area contributed by atoms with Crippen LogP contribution in [0, 0.1) is 5.92 Å². The normalized spacial score (nSPS) is 29.1. The van der Waals surface area contributed by atoms with Gasteiger partial charge in [-0.2, -0.15) is 0 Å². The van der Waals surface area contributed by atoms with Crippen molar-refractivity contribution in [1.29, 1.82) is 0 Å². The van der Waals surface area contributed by atoms with E-state index in [4.69, 9.17) is 5.73 Å². The lowest BCUT2D eigenvalue weighted by Gasteiger charge is -2.39. The molecular weight excluding hydrogens is 268 g/mol. The van der Waals surface area contributed by atoms with Gasteiger partial charge < -0.3 is 16.0 Å². The molecule has 2 aliphatic heterocycles. The number of nitrogens with zero attached hydrogens (tertiary/aromatic N) is 2. The lowest BCUT2D eigenvalue weighted by Crippen LogP contribution is -2.55. The van der Waals surface area contributed by atoms with Crippen molar-refractivity contribution in [3.63, 3.8) is 0 Å². The highest BCUT2D eigenvalue weighted by Crippen LogP contribution is 2.19. The zero-order valence-electron chi connectivity index (χ0n) is 13.2. The van der Waals surface area contributed by atoms with Gasteiger partial charge in [0, 0.05) is 25.7 Å². The molecule has 3 N–H and O–H groups in total. The van der Waals surface area contributed by atoms with E-state index in [0.717, 1.165) is 38.9 Å². The summed E-state index contributed by atoms with van der Waals surface area (Å²) < 4.78 is 0. The monoisotopic (exact) mass is 296 g/mol. The fourth-order valence-corrected chi connectivity index (χ4v) is 3.42. The smallest absolute Gasteiger partial charge is 0.239 e. The van der Waals surface area contributed by atoms with Crippen molar-refractivity contribution in [3.8, 4) is 0 Å². The number of carbonyl (C=O) groups is 2. The Labute approximate surface area is 127 Å². The van der Waals surface area contributed by atoms with Crippen LogP contribution in [-0.4, -0.2) is 66.9 Å². The summed E-state index contributed by atoms with van der Waals surface area (Å²) in [5.74, 6) is -0.326. The molecular formula is C15H28N4O2. The van der Waals surface area contributed by atoms with Gasteiger partial charge in [-0.1, -0.05) is 0 Å². The van der Waals surface area contributed by atoms with Gasteiger partial charge in [-0.15, -0.1) is 0 Å². The van der Waals surface area contributed by atoms with Crippen LogP contribution in [0.1, 0.15) is 32.6 Å². The minimum atomic E-state index is -0.284. The van der Waals surface area contributed by atoms with Crippen molar-refractivity contribution in [2.75, 3.05) is 33.2 Å². The highest BCUT2D eigenvalue weighted by atomic mass is 16.2. The Morgan fingerprint density at radius 3 is 2.57 bits per heavy atom. The van der Waals surface area contributed by atoms with E-state index >= 15 is 0 Å². The van der Waals surface area contributed by atoms with Crippen LogP contribution in [-0.2, 0) is 9.59 Å². The topological polar surface area (TPSA) is 78.7 Å². The number of primary amides is 1. The minimum Gasteiger partial charge on any atom is -0.369 e. The van der Waals surface area contributed by atoms with Crippen molar-refractivity contribution < 1.29 is 9.59 Å². The van der Waals surface area contributed by atoms with Crippen LogP contribution in [0.4, 0.5) is 0 Å². The van der Waals surface area contributed by atoms with Crippen molar-refractivity contribution in [2.45, 2.75) is 44.7 Å². The van der Waals surface area contributed by atoms with E-state index in [-0.39, 0.29) is 23.8 Å². The molecule has 3 unspecified atom stereocenters. The van der Waals surface area contributed by atoms with Crippen LogP contribution < -0.4 is 11.1 Å². The quantitative estimate of drug-likeness (QED) is 0.752. The molecule has 2 rings (SSSR count). The molecule has 0 aromatic rings. The van der Waals surface area contributed by atoms with Gasteiger partial charge in [-0.05, 0) is 46.2 Å². The van der Waals surface area contributed by atoms with E-state index in [2.05, 4.69) is 10.2 Å². The molecule has 0 aromatic carbocycles. The molecule has 0 spiro atoms. The third-order valence-electron chi connectivity index (χ3n) is 4.90. The van der Waals surface area contributed by atoms with Gasteiger partial charge in [0.25, 0.3) is 0 Å². The number of nitrogens with one attached hydrogen (secondary N) is 1. The number of hydrogen-bond donors (Lipinski definition) is 2. The van der Waals surface area contributed by atoms with Crippen LogP contribution in [0.3, 0.4) is 0 Å².